The van der Waals surface area contributed by atoms with E-state index in [1.165, 1.54) is 0 Å². The van der Waals surface area contributed by atoms with Crippen molar-refractivity contribution in [2.75, 3.05) is 19.7 Å². The highest BCUT2D eigenvalue weighted by molar-refractivity contribution is 7.10. The van der Waals surface area contributed by atoms with E-state index >= 15 is 0 Å². The summed E-state index contributed by atoms with van der Waals surface area (Å²) >= 11 is 1.63. The van der Waals surface area contributed by atoms with Crippen molar-refractivity contribution in [3.8, 4) is 0 Å². The predicted molar refractivity (Wildman–Crippen MR) is 64.4 cm³/mol. The Balaban J connectivity index is 1.82. The average Bonchev–Trinajstić information content (AvgIpc) is 2.82. The van der Waals surface area contributed by atoms with E-state index in [2.05, 4.69) is 0 Å². The summed E-state index contributed by atoms with van der Waals surface area (Å²) in [5.74, 6) is 0.615. The molecule has 1 aliphatic heterocycles. The molecule has 0 bridgehead atoms. The van der Waals surface area contributed by atoms with E-state index in [-0.39, 0.29) is 12.5 Å². The molecule has 0 aromatic carbocycles. The van der Waals surface area contributed by atoms with E-state index in [0.29, 0.717) is 12.3 Å². The average molecular weight is 239 g/mol. The molecule has 16 heavy (non-hydrogen) atoms. The maximum atomic E-state index is 11.9. The summed E-state index contributed by atoms with van der Waals surface area (Å²) in [6.07, 6.45) is 2.40. The minimum absolute atomic E-state index is 0.221. The van der Waals surface area contributed by atoms with Gasteiger partial charge in [0.2, 0.25) is 5.91 Å². The van der Waals surface area contributed by atoms with Crippen LogP contribution in [0.2, 0.25) is 0 Å². The van der Waals surface area contributed by atoms with Gasteiger partial charge in [-0.1, -0.05) is 6.07 Å². The first-order valence-corrected chi connectivity index (χ1v) is 6.58. The van der Waals surface area contributed by atoms with E-state index in [1.54, 1.807) is 11.3 Å². The molecule has 3 nitrogen and oxygen atoms in total. The first-order chi connectivity index (χ1) is 7.79. The molecule has 1 aromatic rings. The SMILES string of the molecule is O=C(Cc1cccs1)N1CCC(CO)CC1. The smallest absolute Gasteiger partial charge is 0.227 e. The van der Waals surface area contributed by atoms with Gasteiger partial charge in [-0.25, -0.2) is 0 Å². The quantitative estimate of drug-likeness (QED) is 0.869. The molecule has 1 aliphatic rings. The van der Waals surface area contributed by atoms with Crippen LogP contribution < -0.4 is 0 Å². The Morgan fingerprint density at radius 3 is 2.81 bits per heavy atom. The summed E-state index contributed by atoms with van der Waals surface area (Å²) in [4.78, 5) is 15.0. The number of carbonyl (C=O) groups excluding carboxylic acids is 1. The number of carbonyl (C=O) groups is 1. The van der Waals surface area contributed by atoms with Gasteiger partial charge in [0, 0.05) is 24.6 Å². The zero-order chi connectivity index (χ0) is 11.4. The third-order valence-electron chi connectivity index (χ3n) is 3.13. The number of likely N-dealkylation sites (tertiary alicyclic amines) is 1. The molecule has 1 amide bonds. The molecule has 0 saturated carbocycles. The third kappa shape index (κ3) is 2.83. The van der Waals surface area contributed by atoms with Crippen molar-refractivity contribution in [3.63, 3.8) is 0 Å². The van der Waals surface area contributed by atoms with Crippen LogP contribution >= 0.6 is 11.3 Å². The van der Waals surface area contributed by atoms with Crippen LogP contribution in [0.25, 0.3) is 0 Å². The van der Waals surface area contributed by atoms with Crippen molar-refractivity contribution in [2.24, 2.45) is 5.92 Å². The maximum Gasteiger partial charge on any atom is 0.227 e. The van der Waals surface area contributed by atoms with Crippen LogP contribution in [0.4, 0.5) is 0 Å². The minimum atomic E-state index is 0.221. The molecule has 0 spiro atoms. The third-order valence-corrected chi connectivity index (χ3v) is 4.01. The molecule has 1 saturated heterocycles. The van der Waals surface area contributed by atoms with Crippen LogP contribution in [0.3, 0.4) is 0 Å². The van der Waals surface area contributed by atoms with Gasteiger partial charge in [0.05, 0.1) is 6.42 Å². The molecule has 0 radical (unpaired) electrons. The van der Waals surface area contributed by atoms with E-state index in [1.807, 2.05) is 22.4 Å². The summed E-state index contributed by atoms with van der Waals surface area (Å²) < 4.78 is 0. The Morgan fingerprint density at radius 2 is 2.25 bits per heavy atom. The van der Waals surface area contributed by atoms with Crippen molar-refractivity contribution >= 4 is 17.2 Å². The topological polar surface area (TPSA) is 40.5 Å². The molecule has 0 unspecified atom stereocenters. The van der Waals surface area contributed by atoms with Crippen LogP contribution in [0.1, 0.15) is 17.7 Å². The number of nitrogens with zero attached hydrogens (tertiary/aromatic N) is 1. The Morgan fingerprint density at radius 1 is 1.50 bits per heavy atom. The molecular formula is C12H17NO2S. The molecule has 0 atom stereocenters. The number of hydrogen-bond donors (Lipinski definition) is 1. The zero-order valence-electron chi connectivity index (χ0n) is 9.26. The Kier molecular flexibility index (Phi) is 3.96. The lowest BCUT2D eigenvalue weighted by atomic mass is 9.98. The fourth-order valence-corrected chi connectivity index (χ4v) is 2.73. The number of amides is 1. The van der Waals surface area contributed by atoms with Gasteiger partial charge in [0.1, 0.15) is 0 Å². The molecule has 2 heterocycles. The molecule has 1 fully saturated rings. The highest BCUT2D eigenvalue weighted by Crippen LogP contribution is 2.18. The Bertz CT molecular complexity index is 329. The first kappa shape index (κ1) is 11.6. The standard InChI is InChI=1S/C12H17NO2S/c14-9-10-3-5-13(6-4-10)12(15)8-11-2-1-7-16-11/h1-2,7,10,14H,3-6,8-9H2. The summed E-state index contributed by atoms with van der Waals surface area (Å²) in [7, 11) is 0. The number of thiophene rings is 1. The number of piperidine rings is 1. The van der Waals surface area contributed by atoms with Gasteiger partial charge in [-0.3, -0.25) is 4.79 Å². The largest absolute Gasteiger partial charge is 0.396 e. The van der Waals surface area contributed by atoms with Gasteiger partial charge in [0.15, 0.2) is 0 Å². The molecule has 1 N–H and O–H groups in total. The van der Waals surface area contributed by atoms with E-state index < -0.39 is 0 Å². The molecule has 2 rings (SSSR count). The van der Waals surface area contributed by atoms with Crippen molar-refractivity contribution in [1.29, 1.82) is 0 Å². The monoisotopic (exact) mass is 239 g/mol. The first-order valence-electron chi connectivity index (χ1n) is 5.70. The number of rotatable bonds is 3. The van der Waals surface area contributed by atoms with E-state index in [9.17, 15) is 4.79 Å². The van der Waals surface area contributed by atoms with Gasteiger partial charge < -0.3 is 10.0 Å². The zero-order valence-corrected chi connectivity index (χ0v) is 10.1. The molecule has 1 aromatic heterocycles. The summed E-state index contributed by atoms with van der Waals surface area (Å²) in [6.45, 7) is 1.86. The van der Waals surface area contributed by atoms with Crippen molar-refractivity contribution in [1.82, 2.24) is 4.90 Å². The highest BCUT2D eigenvalue weighted by Gasteiger charge is 2.22. The second-order valence-electron chi connectivity index (χ2n) is 4.26. The van der Waals surface area contributed by atoms with E-state index in [4.69, 9.17) is 5.11 Å². The number of aliphatic hydroxyl groups is 1. The molecular weight excluding hydrogens is 222 g/mol. The summed E-state index contributed by atoms with van der Waals surface area (Å²) in [5.41, 5.74) is 0. The van der Waals surface area contributed by atoms with Crippen LogP contribution in [0.15, 0.2) is 17.5 Å². The van der Waals surface area contributed by atoms with Gasteiger partial charge in [0.25, 0.3) is 0 Å². The van der Waals surface area contributed by atoms with Gasteiger partial charge in [-0.15, -0.1) is 11.3 Å². The second kappa shape index (κ2) is 5.46. The van der Waals surface area contributed by atoms with Crippen LogP contribution in [-0.2, 0) is 11.2 Å². The van der Waals surface area contributed by atoms with Crippen LogP contribution in [0, 0.1) is 5.92 Å². The van der Waals surface area contributed by atoms with Gasteiger partial charge in [-0.2, -0.15) is 0 Å². The fraction of sp³-hybridized carbons (Fsp3) is 0.583. The molecule has 88 valence electrons. The maximum absolute atomic E-state index is 11.9. The van der Waals surface area contributed by atoms with E-state index in [0.717, 1.165) is 30.8 Å². The molecule has 0 aliphatic carbocycles. The van der Waals surface area contributed by atoms with Crippen molar-refractivity contribution in [3.05, 3.63) is 22.4 Å². The lowest BCUT2D eigenvalue weighted by molar-refractivity contribution is -0.132. The van der Waals surface area contributed by atoms with Crippen molar-refractivity contribution < 1.29 is 9.90 Å². The minimum Gasteiger partial charge on any atom is -0.396 e. The van der Waals surface area contributed by atoms with Crippen LogP contribution in [0.5, 0.6) is 0 Å². The van der Waals surface area contributed by atoms with Crippen molar-refractivity contribution in [2.45, 2.75) is 19.3 Å². The number of hydrogen-bond acceptors (Lipinski definition) is 3. The summed E-state index contributed by atoms with van der Waals surface area (Å²) in [5, 5.41) is 11.0. The predicted octanol–water partition coefficient (Wildman–Crippen LogP) is 1.52. The van der Waals surface area contributed by atoms with Crippen LogP contribution in [-0.4, -0.2) is 35.6 Å². The normalized spacial score (nSPS) is 17.7. The second-order valence-corrected chi connectivity index (χ2v) is 5.30. The molecule has 4 heteroatoms. The Hall–Kier alpha value is -0.870. The van der Waals surface area contributed by atoms with Gasteiger partial charge >= 0.3 is 0 Å². The lowest BCUT2D eigenvalue weighted by Gasteiger charge is -2.31. The summed E-state index contributed by atoms with van der Waals surface area (Å²) in [6, 6.07) is 3.98. The van der Waals surface area contributed by atoms with Gasteiger partial charge in [-0.05, 0) is 30.2 Å². The number of aliphatic hydroxyl groups excluding tert-OH is 1. The Labute approximate surface area is 99.7 Å². The lowest BCUT2D eigenvalue weighted by Crippen LogP contribution is -2.39. The highest BCUT2D eigenvalue weighted by atomic mass is 32.1. The fourth-order valence-electron chi connectivity index (χ4n) is 2.04.